The molecule has 2 heterocycles. The highest BCUT2D eigenvalue weighted by Gasteiger charge is 2.30. The fourth-order valence-corrected chi connectivity index (χ4v) is 2.73. The molecule has 1 saturated heterocycles. The Morgan fingerprint density at radius 3 is 2.12 bits per heavy atom. The van der Waals surface area contributed by atoms with E-state index in [2.05, 4.69) is 14.8 Å². The summed E-state index contributed by atoms with van der Waals surface area (Å²) in [5, 5.41) is 0. The van der Waals surface area contributed by atoms with Gasteiger partial charge in [-0.1, -0.05) is 0 Å². The molecule has 0 spiro atoms. The van der Waals surface area contributed by atoms with Crippen molar-refractivity contribution in [3.63, 3.8) is 0 Å². The van der Waals surface area contributed by atoms with Gasteiger partial charge in [0.1, 0.15) is 5.82 Å². The molecule has 3 nitrogen and oxygen atoms in total. The van der Waals surface area contributed by atoms with Gasteiger partial charge in [0.05, 0.1) is 11.3 Å². The van der Waals surface area contributed by atoms with Gasteiger partial charge in [-0.05, 0) is 36.4 Å². The molecule has 128 valence electrons. The van der Waals surface area contributed by atoms with E-state index in [4.69, 9.17) is 0 Å². The van der Waals surface area contributed by atoms with Crippen molar-refractivity contribution >= 4 is 5.69 Å². The number of nitrogens with zero attached hydrogens (tertiary/aromatic N) is 3. The number of alkyl halides is 3. The van der Waals surface area contributed by atoms with Gasteiger partial charge in [0, 0.05) is 44.6 Å². The Balaban J connectivity index is 1.54. The Morgan fingerprint density at radius 1 is 0.917 bits per heavy atom. The van der Waals surface area contributed by atoms with E-state index in [1.807, 2.05) is 0 Å². The molecule has 1 aliphatic heterocycles. The Hall–Kier alpha value is -2.15. The minimum atomic E-state index is -4.35. The highest BCUT2D eigenvalue weighted by Crippen LogP contribution is 2.28. The Kier molecular flexibility index (Phi) is 4.71. The fourth-order valence-electron chi connectivity index (χ4n) is 2.73. The highest BCUT2D eigenvalue weighted by molar-refractivity contribution is 5.46. The smallest absolute Gasteiger partial charge is 0.369 e. The lowest BCUT2D eigenvalue weighted by Crippen LogP contribution is -2.46. The number of benzene rings is 1. The highest BCUT2D eigenvalue weighted by atomic mass is 19.4. The second-order valence-electron chi connectivity index (χ2n) is 5.78. The molecule has 1 aliphatic rings. The van der Waals surface area contributed by atoms with Crippen LogP contribution in [0.4, 0.5) is 23.2 Å². The van der Waals surface area contributed by atoms with Crippen LogP contribution in [0.3, 0.4) is 0 Å². The minimum absolute atomic E-state index is 0.259. The molecule has 0 saturated carbocycles. The first-order chi connectivity index (χ1) is 11.4. The molecule has 24 heavy (non-hydrogen) atoms. The zero-order valence-corrected chi connectivity index (χ0v) is 12.9. The van der Waals surface area contributed by atoms with E-state index in [1.165, 1.54) is 18.2 Å². The van der Waals surface area contributed by atoms with E-state index in [1.54, 1.807) is 12.1 Å². The maximum atomic E-state index is 13.0. The average Bonchev–Trinajstić information content (AvgIpc) is 2.56. The van der Waals surface area contributed by atoms with Crippen LogP contribution in [0.25, 0.3) is 0 Å². The van der Waals surface area contributed by atoms with Gasteiger partial charge in [0.25, 0.3) is 0 Å². The molecule has 0 unspecified atom stereocenters. The van der Waals surface area contributed by atoms with Crippen LogP contribution in [-0.2, 0) is 12.7 Å². The molecular weight excluding hydrogens is 322 g/mol. The van der Waals surface area contributed by atoms with Crippen molar-refractivity contribution < 1.29 is 17.6 Å². The van der Waals surface area contributed by atoms with E-state index in [9.17, 15) is 17.6 Å². The predicted octanol–water partition coefficient (Wildman–Crippen LogP) is 3.56. The summed E-state index contributed by atoms with van der Waals surface area (Å²) in [5.41, 5.74) is 0.870. The summed E-state index contributed by atoms with van der Waals surface area (Å²) >= 11 is 0. The van der Waals surface area contributed by atoms with Crippen molar-refractivity contribution in [3.05, 3.63) is 59.7 Å². The van der Waals surface area contributed by atoms with Gasteiger partial charge in [-0.2, -0.15) is 13.2 Å². The van der Waals surface area contributed by atoms with E-state index in [-0.39, 0.29) is 5.82 Å². The number of piperazine rings is 1. The van der Waals surface area contributed by atoms with Crippen molar-refractivity contribution in [2.45, 2.75) is 12.7 Å². The molecule has 0 aliphatic carbocycles. The SMILES string of the molecule is Fc1ccc(N2CCN(Cc3ccc(C(F)(F)F)cn3)CC2)cc1. The van der Waals surface area contributed by atoms with Crippen LogP contribution in [0.2, 0.25) is 0 Å². The molecule has 7 heteroatoms. The lowest BCUT2D eigenvalue weighted by atomic mass is 10.2. The molecule has 0 atom stereocenters. The van der Waals surface area contributed by atoms with Gasteiger partial charge in [-0.15, -0.1) is 0 Å². The van der Waals surface area contributed by atoms with E-state index in [0.29, 0.717) is 12.2 Å². The van der Waals surface area contributed by atoms with Gasteiger partial charge in [-0.3, -0.25) is 9.88 Å². The first kappa shape index (κ1) is 16.7. The normalized spacial score (nSPS) is 16.4. The molecule has 3 rings (SSSR count). The number of anilines is 1. The second kappa shape index (κ2) is 6.76. The van der Waals surface area contributed by atoms with Gasteiger partial charge in [-0.25, -0.2) is 4.39 Å². The standard InChI is InChI=1S/C17H17F4N3/c18-14-2-5-16(6-3-14)24-9-7-23(8-10-24)12-15-4-1-13(11-22-15)17(19,20)21/h1-6,11H,7-10,12H2. The first-order valence-corrected chi connectivity index (χ1v) is 7.67. The number of aromatic nitrogens is 1. The molecule has 1 fully saturated rings. The minimum Gasteiger partial charge on any atom is -0.369 e. The van der Waals surface area contributed by atoms with Gasteiger partial charge in [0.2, 0.25) is 0 Å². The summed E-state index contributed by atoms with van der Waals surface area (Å²) in [6.07, 6.45) is -3.48. The van der Waals surface area contributed by atoms with Gasteiger partial charge >= 0.3 is 6.18 Å². The zero-order valence-electron chi connectivity index (χ0n) is 12.9. The van der Waals surface area contributed by atoms with Crippen LogP contribution in [0.1, 0.15) is 11.3 Å². The third kappa shape index (κ3) is 4.03. The number of rotatable bonds is 3. The van der Waals surface area contributed by atoms with E-state index >= 15 is 0 Å². The Bertz CT molecular complexity index is 660. The van der Waals surface area contributed by atoms with Gasteiger partial charge < -0.3 is 4.90 Å². The Morgan fingerprint density at radius 2 is 1.58 bits per heavy atom. The summed E-state index contributed by atoms with van der Waals surface area (Å²) < 4.78 is 50.5. The van der Waals surface area contributed by atoms with Crippen molar-refractivity contribution in [2.24, 2.45) is 0 Å². The van der Waals surface area contributed by atoms with Crippen molar-refractivity contribution in [2.75, 3.05) is 31.1 Å². The molecular formula is C17H17F4N3. The van der Waals surface area contributed by atoms with Crippen LogP contribution in [-0.4, -0.2) is 36.1 Å². The lowest BCUT2D eigenvalue weighted by molar-refractivity contribution is -0.137. The number of hydrogen-bond donors (Lipinski definition) is 0. The third-order valence-electron chi connectivity index (χ3n) is 4.10. The maximum absolute atomic E-state index is 13.0. The average molecular weight is 339 g/mol. The number of hydrogen-bond acceptors (Lipinski definition) is 3. The van der Waals surface area contributed by atoms with E-state index < -0.39 is 11.7 Å². The summed E-state index contributed by atoms with van der Waals surface area (Å²) in [7, 11) is 0. The molecule has 0 amide bonds. The van der Waals surface area contributed by atoms with Crippen molar-refractivity contribution in [1.82, 2.24) is 9.88 Å². The van der Waals surface area contributed by atoms with E-state index in [0.717, 1.165) is 44.1 Å². The predicted molar refractivity (Wildman–Crippen MR) is 83.1 cm³/mol. The fraction of sp³-hybridized carbons (Fsp3) is 0.353. The third-order valence-corrected chi connectivity index (χ3v) is 4.10. The number of halogens is 4. The van der Waals surface area contributed by atoms with Crippen LogP contribution in [0.5, 0.6) is 0 Å². The lowest BCUT2D eigenvalue weighted by Gasteiger charge is -2.36. The first-order valence-electron chi connectivity index (χ1n) is 7.67. The molecule has 2 aromatic rings. The topological polar surface area (TPSA) is 19.4 Å². The Labute approximate surface area is 137 Å². The molecule has 0 radical (unpaired) electrons. The molecule has 0 bridgehead atoms. The molecule has 1 aromatic heterocycles. The summed E-state index contributed by atoms with van der Waals surface area (Å²) in [6.45, 7) is 3.65. The van der Waals surface area contributed by atoms with Crippen molar-refractivity contribution in [3.8, 4) is 0 Å². The van der Waals surface area contributed by atoms with Gasteiger partial charge in [0.15, 0.2) is 0 Å². The second-order valence-corrected chi connectivity index (χ2v) is 5.78. The van der Waals surface area contributed by atoms with Crippen LogP contribution in [0, 0.1) is 5.82 Å². The monoisotopic (exact) mass is 339 g/mol. The molecule has 0 N–H and O–H groups in total. The van der Waals surface area contributed by atoms with Crippen molar-refractivity contribution in [1.29, 1.82) is 0 Å². The largest absolute Gasteiger partial charge is 0.417 e. The summed E-state index contributed by atoms with van der Waals surface area (Å²) in [5.74, 6) is -0.259. The number of pyridine rings is 1. The van der Waals surface area contributed by atoms with Crippen LogP contribution in [0.15, 0.2) is 42.6 Å². The summed E-state index contributed by atoms with van der Waals surface area (Å²) in [4.78, 5) is 8.22. The molecule has 1 aromatic carbocycles. The maximum Gasteiger partial charge on any atom is 0.417 e. The quantitative estimate of drug-likeness (QED) is 0.797. The van der Waals surface area contributed by atoms with Crippen LogP contribution < -0.4 is 4.90 Å². The summed E-state index contributed by atoms with van der Waals surface area (Å²) in [6, 6.07) is 8.87. The zero-order chi connectivity index (χ0) is 17.2. The van der Waals surface area contributed by atoms with Crippen LogP contribution >= 0.6 is 0 Å².